The number of carboxylic acid groups (broad SMARTS) is 1. The van der Waals surface area contributed by atoms with Crippen LogP contribution in [0.4, 0.5) is 5.69 Å². The van der Waals surface area contributed by atoms with Crippen molar-refractivity contribution >= 4 is 17.6 Å². The van der Waals surface area contributed by atoms with E-state index in [2.05, 4.69) is 10.3 Å². The number of aliphatic carboxylic acids is 1. The van der Waals surface area contributed by atoms with E-state index in [1.165, 1.54) is 9.58 Å². The Labute approximate surface area is 120 Å². The van der Waals surface area contributed by atoms with Crippen molar-refractivity contribution < 1.29 is 14.7 Å². The molecule has 1 heterocycles. The van der Waals surface area contributed by atoms with Gasteiger partial charge in [0, 0.05) is 12.2 Å². The highest BCUT2D eigenvalue weighted by Gasteiger charge is 2.19. The van der Waals surface area contributed by atoms with Gasteiger partial charge in [-0.1, -0.05) is 23.4 Å². The van der Waals surface area contributed by atoms with Crippen LogP contribution in [-0.4, -0.2) is 38.5 Å². The van der Waals surface area contributed by atoms with Crippen molar-refractivity contribution in [3.63, 3.8) is 0 Å². The van der Waals surface area contributed by atoms with E-state index >= 15 is 0 Å². The lowest BCUT2D eigenvalue weighted by atomic mass is 10.2. The number of nitrogens with two attached hydrogens (primary N) is 1. The summed E-state index contributed by atoms with van der Waals surface area (Å²) in [6.07, 6.45) is 1.56. The summed E-state index contributed by atoms with van der Waals surface area (Å²) in [6.45, 7) is -0.290. The minimum Gasteiger partial charge on any atom is -0.480 e. The first kappa shape index (κ1) is 14.7. The van der Waals surface area contributed by atoms with Crippen molar-refractivity contribution in [2.24, 2.45) is 5.73 Å². The van der Waals surface area contributed by atoms with E-state index in [1.54, 1.807) is 36.5 Å². The topological polar surface area (TPSA) is 114 Å². The molecule has 0 unspecified atom stereocenters. The largest absolute Gasteiger partial charge is 0.480 e. The summed E-state index contributed by atoms with van der Waals surface area (Å²) >= 11 is 0. The number of amides is 1. The smallest absolute Gasteiger partial charge is 0.323 e. The van der Waals surface area contributed by atoms with Crippen molar-refractivity contribution in [3.8, 4) is 0 Å². The predicted octanol–water partition coefficient (Wildman–Crippen LogP) is -0.145. The molecule has 0 fully saturated rings. The Hall–Kier alpha value is -2.74. The maximum atomic E-state index is 12.3. The fraction of sp³-hybridized carbons (Fsp3) is 0.231. The number of anilines is 1. The van der Waals surface area contributed by atoms with Crippen molar-refractivity contribution in [1.82, 2.24) is 15.0 Å². The molecule has 0 aliphatic heterocycles. The molecule has 2 aromatic rings. The number of aromatic nitrogens is 3. The SMILES string of the molecule is NCc1cn(CC(=O)N(CC(=O)O)c2ccccc2)nn1. The van der Waals surface area contributed by atoms with Gasteiger partial charge in [-0.15, -0.1) is 5.10 Å². The van der Waals surface area contributed by atoms with Crippen LogP contribution >= 0.6 is 0 Å². The Morgan fingerprint density at radius 2 is 2.00 bits per heavy atom. The van der Waals surface area contributed by atoms with E-state index in [4.69, 9.17) is 10.8 Å². The van der Waals surface area contributed by atoms with Gasteiger partial charge in [0.15, 0.2) is 0 Å². The summed E-state index contributed by atoms with van der Waals surface area (Å²) in [6, 6.07) is 8.61. The van der Waals surface area contributed by atoms with Gasteiger partial charge in [0.25, 0.3) is 0 Å². The third-order valence-electron chi connectivity index (χ3n) is 2.75. The monoisotopic (exact) mass is 289 g/mol. The molecule has 1 amide bonds. The Kier molecular flexibility index (Phi) is 4.62. The van der Waals surface area contributed by atoms with Crippen molar-refractivity contribution in [2.45, 2.75) is 13.1 Å². The summed E-state index contributed by atoms with van der Waals surface area (Å²) < 4.78 is 1.34. The number of rotatable bonds is 6. The van der Waals surface area contributed by atoms with Gasteiger partial charge in [-0.3, -0.25) is 14.5 Å². The van der Waals surface area contributed by atoms with Crippen molar-refractivity contribution in [2.75, 3.05) is 11.4 Å². The maximum absolute atomic E-state index is 12.3. The zero-order chi connectivity index (χ0) is 15.2. The second-order valence-corrected chi connectivity index (χ2v) is 4.32. The van der Waals surface area contributed by atoms with Crippen molar-refractivity contribution in [3.05, 3.63) is 42.2 Å². The second-order valence-electron chi connectivity index (χ2n) is 4.32. The molecule has 1 aromatic carbocycles. The number of nitrogens with zero attached hydrogens (tertiary/aromatic N) is 4. The molecule has 0 saturated carbocycles. The van der Waals surface area contributed by atoms with Gasteiger partial charge < -0.3 is 10.8 Å². The predicted molar refractivity (Wildman–Crippen MR) is 74.3 cm³/mol. The van der Waals surface area contributed by atoms with Gasteiger partial charge in [-0.05, 0) is 12.1 Å². The molecular formula is C13H15N5O3. The van der Waals surface area contributed by atoms with Crippen LogP contribution in [0.5, 0.6) is 0 Å². The van der Waals surface area contributed by atoms with Crippen LogP contribution in [0.25, 0.3) is 0 Å². The van der Waals surface area contributed by atoms with Crippen LogP contribution < -0.4 is 10.6 Å². The van der Waals surface area contributed by atoms with Gasteiger partial charge in [-0.25, -0.2) is 4.68 Å². The number of carbonyl (C=O) groups excluding carboxylic acids is 1. The molecule has 8 heteroatoms. The Balaban J connectivity index is 2.16. The number of benzene rings is 1. The molecule has 0 aliphatic rings. The van der Waals surface area contributed by atoms with Crippen LogP contribution in [0, 0.1) is 0 Å². The Bertz CT molecular complexity index is 626. The minimum atomic E-state index is -1.09. The zero-order valence-corrected chi connectivity index (χ0v) is 11.2. The first-order valence-corrected chi connectivity index (χ1v) is 6.26. The minimum absolute atomic E-state index is 0.102. The maximum Gasteiger partial charge on any atom is 0.323 e. The summed E-state index contributed by atoms with van der Waals surface area (Å²) in [5, 5.41) is 16.5. The first-order chi connectivity index (χ1) is 10.1. The fourth-order valence-corrected chi connectivity index (χ4v) is 1.80. The lowest BCUT2D eigenvalue weighted by Crippen LogP contribution is -2.38. The van der Waals surface area contributed by atoms with Gasteiger partial charge in [0.05, 0.1) is 11.9 Å². The van der Waals surface area contributed by atoms with Crippen molar-refractivity contribution in [1.29, 1.82) is 0 Å². The highest BCUT2D eigenvalue weighted by atomic mass is 16.4. The molecule has 0 aliphatic carbocycles. The van der Waals surface area contributed by atoms with Gasteiger partial charge in [0.2, 0.25) is 5.91 Å². The Morgan fingerprint density at radius 1 is 1.29 bits per heavy atom. The fourth-order valence-electron chi connectivity index (χ4n) is 1.80. The molecule has 0 saturated heterocycles. The highest BCUT2D eigenvalue weighted by Crippen LogP contribution is 2.13. The lowest BCUT2D eigenvalue weighted by molar-refractivity contribution is -0.136. The quantitative estimate of drug-likeness (QED) is 0.764. The number of para-hydroxylation sites is 1. The summed E-state index contributed by atoms with van der Waals surface area (Å²) in [7, 11) is 0. The van der Waals surface area contributed by atoms with E-state index in [9.17, 15) is 9.59 Å². The molecule has 0 radical (unpaired) electrons. The number of carbonyl (C=O) groups is 2. The Morgan fingerprint density at radius 3 is 2.57 bits per heavy atom. The van der Waals surface area contributed by atoms with Crippen LogP contribution in [0.1, 0.15) is 5.69 Å². The van der Waals surface area contributed by atoms with Crippen LogP contribution in [0.15, 0.2) is 36.5 Å². The molecule has 21 heavy (non-hydrogen) atoms. The summed E-state index contributed by atoms with van der Waals surface area (Å²) in [5.74, 6) is -1.48. The second kappa shape index (κ2) is 6.62. The van der Waals surface area contributed by atoms with E-state index < -0.39 is 18.4 Å². The van der Waals surface area contributed by atoms with E-state index in [0.29, 0.717) is 11.4 Å². The molecule has 0 atom stereocenters. The molecule has 8 nitrogen and oxygen atoms in total. The van der Waals surface area contributed by atoms with Crippen LogP contribution in [0.2, 0.25) is 0 Å². The average Bonchev–Trinajstić information content (AvgIpc) is 2.93. The highest BCUT2D eigenvalue weighted by molar-refractivity contribution is 5.97. The third-order valence-corrected chi connectivity index (χ3v) is 2.75. The first-order valence-electron chi connectivity index (χ1n) is 6.26. The van der Waals surface area contributed by atoms with Gasteiger partial charge >= 0.3 is 5.97 Å². The molecule has 1 aromatic heterocycles. The van der Waals surface area contributed by atoms with E-state index in [1.807, 2.05) is 0 Å². The summed E-state index contributed by atoms with van der Waals surface area (Å²) in [4.78, 5) is 24.4. The normalized spacial score (nSPS) is 10.3. The number of hydrogen-bond acceptors (Lipinski definition) is 5. The lowest BCUT2D eigenvalue weighted by Gasteiger charge is -2.20. The number of carboxylic acids is 1. The zero-order valence-electron chi connectivity index (χ0n) is 11.2. The van der Waals surface area contributed by atoms with Crippen LogP contribution in [-0.2, 0) is 22.7 Å². The summed E-state index contributed by atoms with van der Waals surface area (Å²) in [5.41, 5.74) is 6.50. The van der Waals surface area contributed by atoms with Crippen LogP contribution in [0.3, 0.4) is 0 Å². The molecule has 2 rings (SSSR count). The molecule has 3 N–H and O–H groups in total. The van der Waals surface area contributed by atoms with Gasteiger partial charge in [0.1, 0.15) is 13.1 Å². The molecular weight excluding hydrogens is 274 g/mol. The third kappa shape index (κ3) is 3.86. The van der Waals surface area contributed by atoms with E-state index in [-0.39, 0.29) is 13.1 Å². The molecule has 0 spiro atoms. The molecule has 0 bridgehead atoms. The average molecular weight is 289 g/mol. The molecule has 110 valence electrons. The standard InChI is InChI=1S/C13H15N5O3/c14-6-10-7-17(16-15-10)8-12(19)18(9-13(20)21)11-4-2-1-3-5-11/h1-5,7H,6,8-9,14H2,(H,20,21). The number of hydrogen-bond donors (Lipinski definition) is 2. The van der Waals surface area contributed by atoms with Gasteiger partial charge in [-0.2, -0.15) is 0 Å². The van der Waals surface area contributed by atoms with E-state index in [0.717, 1.165) is 0 Å².